The number of ketones is 1. The molecule has 0 bridgehead atoms. The highest BCUT2D eigenvalue weighted by atomic mass is 16.5. The molecule has 3 aromatic rings. The van der Waals surface area contributed by atoms with Crippen LogP contribution in [0, 0.1) is 0 Å². The molecule has 1 N–H and O–H groups in total. The van der Waals surface area contributed by atoms with E-state index in [0.717, 1.165) is 35.3 Å². The van der Waals surface area contributed by atoms with Crippen LogP contribution in [0.25, 0.3) is 6.08 Å². The SMILES string of the molecule is CCCCOc1ccc(C2C(C(=O)C=Cc3ccccc3)=C(O)C(=O)N2Cc2ccccc2)cc1. The highest BCUT2D eigenvalue weighted by Crippen LogP contribution is 2.39. The lowest BCUT2D eigenvalue weighted by molar-refractivity contribution is -0.130. The maximum absolute atomic E-state index is 13.3. The number of ether oxygens (including phenoxy) is 1. The third-order valence-corrected chi connectivity index (χ3v) is 5.95. The summed E-state index contributed by atoms with van der Waals surface area (Å²) < 4.78 is 5.77. The molecule has 1 atom stereocenters. The van der Waals surface area contributed by atoms with E-state index in [9.17, 15) is 14.7 Å². The molecule has 1 aliphatic rings. The van der Waals surface area contributed by atoms with Gasteiger partial charge in [-0.15, -0.1) is 0 Å². The summed E-state index contributed by atoms with van der Waals surface area (Å²) in [7, 11) is 0. The Labute approximate surface area is 206 Å². The minimum atomic E-state index is -0.708. The monoisotopic (exact) mass is 467 g/mol. The van der Waals surface area contributed by atoms with Gasteiger partial charge in [0.2, 0.25) is 0 Å². The molecule has 0 fully saturated rings. The fraction of sp³-hybridized carbons (Fsp3) is 0.200. The number of hydrogen-bond donors (Lipinski definition) is 1. The second-order valence-electron chi connectivity index (χ2n) is 8.46. The number of benzene rings is 3. The lowest BCUT2D eigenvalue weighted by Crippen LogP contribution is -2.30. The number of allylic oxidation sites excluding steroid dienone is 1. The molecular formula is C30H29NO4. The van der Waals surface area contributed by atoms with Gasteiger partial charge in [0.1, 0.15) is 5.75 Å². The zero-order valence-corrected chi connectivity index (χ0v) is 19.8. The van der Waals surface area contributed by atoms with Crippen LogP contribution in [0.1, 0.15) is 42.5 Å². The van der Waals surface area contributed by atoms with Gasteiger partial charge in [0.25, 0.3) is 5.91 Å². The van der Waals surface area contributed by atoms with E-state index in [2.05, 4.69) is 6.92 Å². The summed E-state index contributed by atoms with van der Waals surface area (Å²) in [6, 6.07) is 25.6. The molecule has 1 heterocycles. The normalized spacial score (nSPS) is 15.7. The summed E-state index contributed by atoms with van der Waals surface area (Å²) in [6.45, 7) is 3.00. The van der Waals surface area contributed by atoms with Crippen molar-refractivity contribution in [3.8, 4) is 5.75 Å². The summed E-state index contributed by atoms with van der Waals surface area (Å²) in [5.41, 5.74) is 2.58. The minimum Gasteiger partial charge on any atom is -0.503 e. The Morgan fingerprint density at radius 3 is 2.29 bits per heavy atom. The van der Waals surface area contributed by atoms with Gasteiger partial charge in [-0.05, 0) is 41.3 Å². The first-order valence-electron chi connectivity index (χ1n) is 11.9. The molecule has 0 saturated heterocycles. The first-order valence-corrected chi connectivity index (χ1v) is 11.9. The molecule has 1 aliphatic heterocycles. The van der Waals surface area contributed by atoms with Gasteiger partial charge in [0.15, 0.2) is 11.5 Å². The maximum atomic E-state index is 13.3. The maximum Gasteiger partial charge on any atom is 0.290 e. The summed E-state index contributed by atoms with van der Waals surface area (Å²) in [4.78, 5) is 28.0. The van der Waals surface area contributed by atoms with Crippen LogP contribution in [-0.2, 0) is 16.1 Å². The number of aliphatic hydroxyl groups is 1. The number of carbonyl (C=O) groups is 2. The van der Waals surface area contributed by atoms with Crippen molar-refractivity contribution in [2.24, 2.45) is 0 Å². The molecule has 178 valence electrons. The van der Waals surface area contributed by atoms with Crippen LogP contribution in [-0.4, -0.2) is 28.3 Å². The van der Waals surface area contributed by atoms with Crippen molar-refractivity contribution in [3.05, 3.63) is 119 Å². The first-order chi connectivity index (χ1) is 17.1. The van der Waals surface area contributed by atoms with Gasteiger partial charge < -0.3 is 14.7 Å². The Hall–Kier alpha value is -4.12. The van der Waals surface area contributed by atoms with Crippen LogP contribution in [0.15, 0.2) is 102 Å². The van der Waals surface area contributed by atoms with Gasteiger partial charge in [-0.25, -0.2) is 0 Å². The molecule has 0 aromatic heterocycles. The molecule has 5 heteroatoms. The molecule has 5 nitrogen and oxygen atoms in total. The first kappa shape index (κ1) is 24.0. The summed E-state index contributed by atoms with van der Waals surface area (Å²) in [5.74, 6) is -0.731. The van der Waals surface area contributed by atoms with Crippen LogP contribution in [0.3, 0.4) is 0 Å². The number of amides is 1. The lowest BCUT2D eigenvalue weighted by atomic mass is 9.95. The second kappa shape index (κ2) is 11.3. The second-order valence-corrected chi connectivity index (χ2v) is 8.46. The molecule has 3 aromatic carbocycles. The standard InChI is InChI=1S/C30H29NO4/c1-2-3-20-35-25-17-15-24(16-18-25)28-27(26(32)19-14-22-10-6-4-7-11-22)29(33)30(34)31(28)21-23-12-8-5-9-13-23/h4-19,28,33H,2-3,20-21H2,1H3. The molecule has 0 spiro atoms. The van der Waals surface area contributed by atoms with Gasteiger partial charge in [-0.2, -0.15) is 0 Å². The summed E-state index contributed by atoms with van der Waals surface area (Å²) in [6.07, 6.45) is 5.11. The average molecular weight is 468 g/mol. The summed E-state index contributed by atoms with van der Waals surface area (Å²) in [5, 5.41) is 10.8. The van der Waals surface area contributed by atoms with Gasteiger partial charge in [-0.3, -0.25) is 9.59 Å². The van der Waals surface area contributed by atoms with Crippen LogP contribution in [0.4, 0.5) is 0 Å². The Balaban J connectivity index is 1.66. The van der Waals surface area contributed by atoms with E-state index in [0.29, 0.717) is 6.61 Å². The van der Waals surface area contributed by atoms with E-state index < -0.39 is 23.5 Å². The van der Waals surface area contributed by atoms with E-state index in [1.807, 2.05) is 84.9 Å². The molecule has 0 aliphatic carbocycles. The van der Waals surface area contributed by atoms with Gasteiger partial charge in [0, 0.05) is 6.54 Å². The lowest BCUT2D eigenvalue weighted by Gasteiger charge is -2.27. The third-order valence-electron chi connectivity index (χ3n) is 5.95. The molecule has 1 unspecified atom stereocenters. The molecule has 4 rings (SSSR count). The highest BCUT2D eigenvalue weighted by Gasteiger charge is 2.42. The van der Waals surface area contributed by atoms with Crippen molar-refractivity contribution in [2.75, 3.05) is 6.61 Å². The predicted octanol–water partition coefficient (Wildman–Crippen LogP) is 6.04. The Morgan fingerprint density at radius 2 is 1.63 bits per heavy atom. The molecule has 1 amide bonds. The smallest absolute Gasteiger partial charge is 0.290 e. The molecule has 0 radical (unpaired) electrons. The van der Waals surface area contributed by atoms with Crippen LogP contribution in [0.5, 0.6) is 5.75 Å². The Morgan fingerprint density at radius 1 is 0.971 bits per heavy atom. The van der Waals surface area contributed by atoms with E-state index in [4.69, 9.17) is 4.74 Å². The fourth-order valence-corrected chi connectivity index (χ4v) is 4.10. The number of unbranched alkanes of at least 4 members (excludes halogenated alkanes) is 1. The number of aliphatic hydroxyl groups excluding tert-OH is 1. The Kier molecular flexibility index (Phi) is 7.78. The number of rotatable bonds is 10. The quantitative estimate of drug-likeness (QED) is 0.291. The van der Waals surface area contributed by atoms with Crippen molar-refractivity contribution in [1.29, 1.82) is 0 Å². The van der Waals surface area contributed by atoms with Gasteiger partial charge in [0.05, 0.1) is 18.2 Å². The van der Waals surface area contributed by atoms with Crippen molar-refractivity contribution in [2.45, 2.75) is 32.4 Å². The summed E-state index contributed by atoms with van der Waals surface area (Å²) >= 11 is 0. The zero-order chi connectivity index (χ0) is 24.6. The van der Waals surface area contributed by atoms with Crippen molar-refractivity contribution >= 4 is 17.8 Å². The Bertz CT molecular complexity index is 1210. The topological polar surface area (TPSA) is 66.8 Å². The highest BCUT2D eigenvalue weighted by molar-refractivity contribution is 6.14. The van der Waals surface area contributed by atoms with Crippen molar-refractivity contribution in [3.63, 3.8) is 0 Å². The van der Waals surface area contributed by atoms with Gasteiger partial charge >= 0.3 is 0 Å². The van der Waals surface area contributed by atoms with Crippen molar-refractivity contribution < 1.29 is 19.4 Å². The largest absolute Gasteiger partial charge is 0.503 e. The fourth-order valence-electron chi connectivity index (χ4n) is 4.10. The molecule has 0 saturated carbocycles. The van der Waals surface area contributed by atoms with E-state index in [-0.39, 0.29) is 12.1 Å². The third kappa shape index (κ3) is 5.69. The molecule has 35 heavy (non-hydrogen) atoms. The van der Waals surface area contributed by atoms with Crippen LogP contribution < -0.4 is 4.74 Å². The number of carbonyl (C=O) groups excluding carboxylic acids is 2. The number of hydrogen-bond acceptors (Lipinski definition) is 4. The zero-order valence-electron chi connectivity index (χ0n) is 19.8. The van der Waals surface area contributed by atoms with Crippen molar-refractivity contribution in [1.82, 2.24) is 4.90 Å². The predicted molar refractivity (Wildman–Crippen MR) is 137 cm³/mol. The minimum absolute atomic E-state index is 0.0813. The van der Waals surface area contributed by atoms with E-state index >= 15 is 0 Å². The van der Waals surface area contributed by atoms with Crippen LogP contribution in [0.2, 0.25) is 0 Å². The van der Waals surface area contributed by atoms with E-state index in [1.165, 1.54) is 6.08 Å². The molecular weight excluding hydrogens is 438 g/mol. The number of nitrogens with zero attached hydrogens (tertiary/aromatic N) is 1. The van der Waals surface area contributed by atoms with E-state index in [1.54, 1.807) is 11.0 Å². The van der Waals surface area contributed by atoms with Gasteiger partial charge in [-0.1, -0.05) is 92.2 Å². The van der Waals surface area contributed by atoms with Crippen LogP contribution >= 0.6 is 0 Å². The average Bonchev–Trinajstić information content (AvgIpc) is 3.14.